The Kier molecular flexibility index (Phi) is 3.01. The van der Waals surface area contributed by atoms with E-state index in [1.807, 2.05) is 6.07 Å². The number of nitriles is 1. The van der Waals surface area contributed by atoms with E-state index < -0.39 is 5.82 Å². The number of hydrogen-bond acceptors (Lipinski definition) is 3. The predicted molar refractivity (Wildman–Crippen MR) is 60.9 cm³/mol. The summed E-state index contributed by atoms with van der Waals surface area (Å²) >= 11 is 0. The molecule has 0 saturated carbocycles. The van der Waals surface area contributed by atoms with Crippen LogP contribution in [0.5, 0.6) is 5.75 Å². The second-order valence-electron chi connectivity index (χ2n) is 3.42. The molecule has 0 aliphatic rings. The number of hydrogen-bond donors (Lipinski definition) is 0. The summed E-state index contributed by atoms with van der Waals surface area (Å²) in [4.78, 5) is 3.78. The first-order valence-electron chi connectivity index (χ1n) is 4.93. The lowest BCUT2D eigenvalue weighted by Crippen LogP contribution is -1.90. The van der Waals surface area contributed by atoms with E-state index in [4.69, 9.17) is 10.00 Å². The molecular weight excluding hydrogens is 219 g/mol. The van der Waals surface area contributed by atoms with Crippen LogP contribution >= 0.6 is 0 Å². The quantitative estimate of drug-likeness (QED) is 0.793. The highest BCUT2D eigenvalue weighted by atomic mass is 19.1. The normalized spacial score (nSPS) is 9.71. The molecule has 3 nitrogen and oxygen atoms in total. The number of methoxy groups -OCH3 is 1. The fourth-order valence-electron chi connectivity index (χ4n) is 1.56. The van der Waals surface area contributed by atoms with Crippen LogP contribution in [0.2, 0.25) is 0 Å². The minimum atomic E-state index is -0.424. The molecule has 0 unspecified atom stereocenters. The van der Waals surface area contributed by atoms with Crippen LogP contribution in [-0.4, -0.2) is 12.1 Å². The SMILES string of the molecule is COc1ccc(C#N)cc1-c1cncc(F)c1. The van der Waals surface area contributed by atoms with E-state index in [2.05, 4.69) is 4.98 Å². The molecule has 1 heterocycles. The minimum Gasteiger partial charge on any atom is -0.496 e. The van der Waals surface area contributed by atoms with E-state index in [0.29, 0.717) is 22.4 Å². The molecule has 0 bridgehead atoms. The summed E-state index contributed by atoms with van der Waals surface area (Å²) in [5, 5.41) is 8.85. The Bertz CT molecular complexity index is 590. The molecule has 84 valence electrons. The Morgan fingerprint density at radius 1 is 1.29 bits per heavy atom. The zero-order chi connectivity index (χ0) is 12.3. The topological polar surface area (TPSA) is 45.9 Å². The lowest BCUT2D eigenvalue weighted by Gasteiger charge is -2.08. The van der Waals surface area contributed by atoms with Crippen LogP contribution < -0.4 is 4.74 Å². The van der Waals surface area contributed by atoms with Crippen molar-refractivity contribution in [2.75, 3.05) is 7.11 Å². The van der Waals surface area contributed by atoms with Gasteiger partial charge in [0.1, 0.15) is 11.6 Å². The molecule has 0 spiro atoms. The molecule has 1 aromatic heterocycles. The third kappa shape index (κ3) is 2.23. The van der Waals surface area contributed by atoms with Crippen LogP contribution in [0.25, 0.3) is 11.1 Å². The van der Waals surface area contributed by atoms with Gasteiger partial charge in [0.25, 0.3) is 0 Å². The van der Waals surface area contributed by atoms with Crippen molar-refractivity contribution < 1.29 is 9.13 Å². The van der Waals surface area contributed by atoms with Gasteiger partial charge >= 0.3 is 0 Å². The number of pyridine rings is 1. The van der Waals surface area contributed by atoms with Gasteiger partial charge < -0.3 is 4.74 Å². The summed E-state index contributed by atoms with van der Waals surface area (Å²) in [7, 11) is 1.53. The molecular formula is C13H9FN2O. The Hall–Kier alpha value is -2.41. The van der Waals surface area contributed by atoms with Gasteiger partial charge in [0.2, 0.25) is 0 Å². The lowest BCUT2D eigenvalue weighted by molar-refractivity contribution is 0.416. The van der Waals surface area contributed by atoms with Gasteiger partial charge in [0.15, 0.2) is 0 Å². The predicted octanol–water partition coefficient (Wildman–Crippen LogP) is 2.77. The highest BCUT2D eigenvalue weighted by Gasteiger charge is 2.08. The van der Waals surface area contributed by atoms with Crippen LogP contribution in [0.15, 0.2) is 36.7 Å². The number of rotatable bonds is 2. The van der Waals surface area contributed by atoms with Crippen molar-refractivity contribution >= 4 is 0 Å². The molecule has 0 fully saturated rings. The van der Waals surface area contributed by atoms with Crippen molar-refractivity contribution in [2.45, 2.75) is 0 Å². The summed E-state index contributed by atoms with van der Waals surface area (Å²) in [5.74, 6) is 0.156. The smallest absolute Gasteiger partial charge is 0.142 e. The Labute approximate surface area is 98.1 Å². The summed E-state index contributed by atoms with van der Waals surface area (Å²) in [5.41, 5.74) is 1.72. The monoisotopic (exact) mass is 228 g/mol. The first kappa shape index (κ1) is 11.1. The molecule has 4 heteroatoms. The number of nitrogens with zero attached hydrogens (tertiary/aromatic N) is 2. The van der Waals surface area contributed by atoms with E-state index in [9.17, 15) is 4.39 Å². The number of aromatic nitrogens is 1. The largest absolute Gasteiger partial charge is 0.496 e. The van der Waals surface area contributed by atoms with Gasteiger partial charge in [-0.25, -0.2) is 4.39 Å². The zero-order valence-electron chi connectivity index (χ0n) is 9.14. The van der Waals surface area contributed by atoms with E-state index >= 15 is 0 Å². The van der Waals surface area contributed by atoms with Gasteiger partial charge in [-0.05, 0) is 24.3 Å². The van der Waals surface area contributed by atoms with Crippen molar-refractivity contribution in [2.24, 2.45) is 0 Å². The zero-order valence-corrected chi connectivity index (χ0v) is 9.14. The molecule has 0 saturated heterocycles. The Morgan fingerprint density at radius 2 is 2.12 bits per heavy atom. The van der Waals surface area contributed by atoms with Gasteiger partial charge in [-0.3, -0.25) is 4.98 Å². The molecule has 0 N–H and O–H groups in total. The van der Waals surface area contributed by atoms with Crippen LogP contribution in [0.3, 0.4) is 0 Å². The van der Waals surface area contributed by atoms with E-state index in [1.54, 1.807) is 18.2 Å². The Morgan fingerprint density at radius 3 is 2.76 bits per heavy atom. The Balaban J connectivity index is 2.61. The van der Waals surface area contributed by atoms with Gasteiger partial charge in [-0.2, -0.15) is 5.26 Å². The fraction of sp³-hybridized carbons (Fsp3) is 0.0769. The lowest BCUT2D eigenvalue weighted by atomic mass is 10.0. The van der Waals surface area contributed by atoms with E-state index in [1.165, 1.54) is 19.4 Å². The number of benzene rings is 1. The van der Waals surface area contributed by atoms with E-state index in [-0.39, 0.29) is 0 Å². The molecule has 17 heavy (non-hydrogen) atoms. The second-order valence-corrected chi connectivity index (χ2v) is 3.42. The maximum absolute atomic E-state index is 13.1. The second kappa shape index (κ2) is 4.62. The van der Waals surface area contributed by atoms with Crippen molar-refractivity contribution in [3.63, 3.8) is 0 Å². The summed E-state index contributed by atoms with van der Waals surface area (Å²) in [6, 6.07) is 8.36. The first-order valence-corrected chi connectivity index (χ1v) is 4.93. The average Bonchev–Trinajstić information content (AvgIpc) is 2.38. The standard InChI is InChI=1S/C13H9FN2O/c1-17-13-3-2-9(6-15)4-12(13)10-5-11(14)8-16-7-10/h2-5,7-8H,1H3. The maximum Gasteiger partial charge on any atom is 0.142 e. The van der Waals surface area contributed by atoms with Crippen molar-refractivity contribution in [3.8, 4) is 22.9 Å². The highest BCUT2D eigenvalue weighted by molar-refractivity contribution is 5.71. The van der Waals surface area contributed by atoms with Gasteiger partial charge in [0, 0.05) is 17.3 Å². The van der Waals surface area contributed by atoms with Crippen molar-refractivity contribution in [1.29, 1.82) is 5.26 Å². The minimum absolute atomic E-state index is 0.424. The molecule has 1 aromatic carbocycles. The van der Waals surface area contributed by atoms with Gasteiger partial charge in [-0.1, -0.05) is 0 Å². The van der Waals surface area contributed by atoms with Crippen LogP contribution in [-0.2, 0) is 0 Å². The van der Waals surface area contributed by atoms with Crippen LogP contribution in [0, 0.1) is 17.1 Å². The molecule has 2 aromatic rings. The van der Waals surface area contributed by atoms with Crippen LogP contribution in [0.1, 0.15) is 5.56 Å². The summed E-state index contributed by atoms with van der Waals surface area (Å²) in [6.45, 7) is 0. The first-order chi connectivity index (χ1) is 8.24. The maximum atomic E-state index is 13.1. The highest BCUT2D eigenvalue weighted by Crippen LogP contribution is 2.30. The molecule has 0 atom stereocenters. The van der Waals surface area contributed by atoms with Crippen molar-refractivity contribution in [3.05, 3.63) is 48.0 Å². The third-order valence-electron chi connectivity index (χ3n) is 2.34. The summed E-state index contributed by atoms with van der Waals surface area (Å²) in [6.07, 6.45) is 2.66. The fourth-order valence-corrected chi connectivity index (χ4v) is 1.56. The van der Waals surface area contributed by atoms with Gasteiger partial charge in [0.05, 0.1) is 24.9 Å². The molecule has 0 aliphatic heterocycles. The average molecular weight is 228 g/mol. The number of ether oxygens (including phenoxy) is 1. The molecule has 0 aliphatic carbocycles. The van der Waals surface area contributed by atoms with Crippen molar-refractivity contribution in [1.82, 2.24) is 4.98 Å². The molecule has 0 radical (unpaired) electrons. The molecule has 2 rings (SSSR count). The van der Waals surface area contributed by atoms with Crippen LogP contribution in [0.4, 0.5) is 4.39 Å². The van der Waals surface area contributed by atoms with E-state index in [0.717, 1.165) is 6.20 Å². The number of halogens is 1. The molecule has 0 amide bonds. The summed E-state index contributed by atoms with van der Waals surface area (Å²) < 4.78 is 18.3. The third-order valence-corrected chi connectivity index (χ3v) is 2.34. The van der Waals surface area contributed by atoms with Gasteiger partial charge in [-0.15, -0.1) is 0 Å².